The third kappa shape index (κ3) is 4.39. The van der Waals surface area contributed by atoms with Gasteiger partial charge in [-0.15, -0.1) is 0 Å². The Bertz CT molecular complexity index is 1220. The van der Waals surface area contributed by atoms with Gasteiger partial charge in [0.1, 0.15) is 0 Å². The molecule has 0 bridgehead atoms. The number of fused-ring (bicyclic) bond motifs is 1. The quantitative estimate of drug-likeness (QED) is 0.469. The molecule has 4 aromatic rings. The van der Waals surface area contributed by atoms with Crippen molar-refractivity contribution in [2.75, 3.05) is 16.0 Å². The smallest absolute Gasteiger partial charge is 0.258 e. The van der Waals surface area contributed by atoms with Gasteiger partial charge in [0.15, 0.2) is 0 Å². The summed E-state index contributed by atoms with van der Waals surface area (Å²) in [5.74, 6) is -0.179. The Kier molecular flexibility index (Phi) is 5.29. The van der Waals surface area contributed by atoms with Gasteiger partial charge in [0.25, 0.3) is 5.91 Å². The number of carbonyl (C=O) groups is 2. The number of nitrogens with one attached hydrogen (secondary N) is 3. The highest BCUT2D eigenvalue weighted by Crippen LogP contribution is 2.23. The highest BCUT2D eigenvalue weighted by Gasteiger charge is 2.10. The van der Waals surface area contributed by atoms with E-state index in [1.54, 1.807) is 30.5 Å². The van der Waals surface area contributed by atoms with Crippen LogP contribution in [0.15, 0.2) is 73.2 Å². The maximum atomic E-state index is 12.5. The number of hydrogen-bond donors (Lipinski definition) is 3. The predicted octanol–water partition coefficient (Wildman–Crippen LogP) is 3.98. The van der Waals surface area contributed by atoms with E-state index in [1.807, 2.05) is 30.3 Å². The molecule has 8 heteroatoms. The molecule has 0 spiro atoms. The number of rotatable bonds is 5. The number of amides is 2. The van der Waals surface area contributed by atoms with Gasteiger partial charge in [-0.25, -0.2) is 9.97 Å². The van der Waals surface area contributed by atoms with Crippen LogP contribution >= 0.6 is 0 Å². The molecule has 3 N–H and O–H groups in total. The van der Waals surface area contributed by atoms with E-state index in [4.69, 9.17) is 0 Å². The molecule has 148 valence electrons. The van der Waals surface area contributed by atoms with Crippen molar-refractivity contribution in [2.24, 2.45) is 0 Å². The van der Waals surface area contributed by atoms with Crippen molar-refractivity contribution in [1.29, 1.82) is 0 Å². The molecule has 2 heterocycles. The van der Waals surface area contributed by atoms with Crippen LogP contribution in [0.3, 0.4) is 0 Å². The number of carbonyl (C=O) groups excluding carboxylic acids is 2. The third-order valence-corrected chi connectivity index (χ3v) is 4.23. The highest BCUT2D eigenvalue weighted by atomic mass is 16.2. The molecule has 30 heavy (non-hydrogen) atoms. The van der Waals surface area contributed by atoms with Crippen LogP contribution in [0.5, 0.6) is 0 Å². The Morgan fingerprint density at radius 2 is 1.53 bits per heavy atom. The van der Waals surface area contributed by atoms with E-state index >= 15 is 0 Å². The van der Waals surface area contributed by atoms with Crippen molar-refractivity contribution in [3.8, 4) is 0 Å². The Balaban J connectivity index is 1.47. The van der Waals surface area contributed by atoms with Crippen molar-refractivity contribution in [3.63, 3.8) is 0 Å². The lowest BCUT2D eigenvalue weighted by Gasteiger charge is -2.09. The summed E-state index contributed by atoms with van der Waals surface area (Å²) in [6.07, 6.45) is 4.62. The first-order chi connectivity index (χ1) is 14.6. The van der Waals surface area contributed by atoms with Gasteiger partial charge in [0.2, 0.25) is 11.9 Å². The molecule has 0 saturated heterocycles. The zero-order chi connectivity index (χ0) is 20.9. The van der Waals surface area contributed by atoms with Crippen molar-refractivity contribution >= 4 is 45.7 Å². The molecule has 0 unspecified atom stereocenters. The standard InChI is InChI=1S/C22H18N6O2/c1-14(29)26-17-7-3-8-18(11-17)27-21(30)16-12-24-22(25-13-16)28-19-9-2-5-15-6-4-10-23-20(15)19/h2-13H,1H3,(H,26,29)(H,27,30)(H,24,25,28). The van der Waals surface area contributed by atoms with Crippen molar-refractivity contribution in [3.05, 3.63) is 78.8 Å². The van der Waals surface area contributed by atoms with Crippen LogP contribution < -0.4 is 16.0 Å². The summed E-state index contributed by atoms with van der Waals surface area (Å²) in [5, 5.41) is 9.57. The maximum Gasteiger partial charge on any atom is 0.258 e. The SMILES string of the molecule is CC(=O)Nc1cccc(NC(=O)c2cnc(Nc3cccc4cccnc34)nc2)c1. The summed E-state index contributed by atoms with van der Waals surface area (Å²) in [5.41, 5.74) is 3.04. The maximum absolute atomic E-state index is 12.5. The lowest BCUT2D eigenvalue weighted by atomic mass is 10.2. The van der Waals surface area contributed by atoms with Gasteiger partial charge in [0.05, 0.1) is 16.8 Å². The van der Waals surface area contributed by atoms with E-state index in [9.17, 15) is 9.59 Å². The number of benzene rings is 2. The van der Waals surface area contributed by atoms with E-state index in [-0.39, 0.29) is 11.8 Å². The minimum absolute atomic E-state index is 0.184. The second-order valence-electron chi connectivity index (χ2n) is 6.52. The molecule has 8 nitrogen and oxygen atoms in total. The van der Waals surface area contributed by atoms with Crippen molar-refractivity contribution in [2.45, 2.75) is 6.92 Å². The first kappa shape index (κ1) is 19.0. The molecule has 0 atom stereocenters. The molecule has 0 aliphatic carbocycles. The first-order valence-electron chi connectivity index (χ1n) is 9.20. The average molecular weight is 398 g/mol. The predicted molar refractivity (Wildman–Crippen MR) is 116 cm³/mol. The number of anilines is 4. The second kappa shape index (κ2) is 8.36. The lowest BCUT2D eigenvalue weighted by Crippen LogP contribution is -2.13. The molecule has 0 radical (unpaired) electrons. The Hall–Kier alpha value is -4.33. The van der Waals surface area contributed by atoms with Crippen molar-refractivity contribution < 1.29 is 9.59 Å². The fraction of sp³-hybridized carbons (Fsp3) is 0.0455. The number of aromatic nitrogens is 3. The second-order valence-corrected chi connectivity index (χ2v) is 6.52. The summed E-state index contributed by atoms with van der Waals surface area (Å²) < 4.78 is 0. The van der Waals surface area contributed by atoms with Gasteiger partial charge >= 0.3 is 0 Å². The Morgan fingerprint density at radius 1 is 0.833 bits per heavy atom. The zero-order valence-electron chi connectivity index (χ0n) is 16.1. The molecule has 0 saturated carbocycles. The molecular formula is C22H18N6O2. The molecule has 2 amide bonds. The largest absolute Gasteiger partial charge is 0.326 e. The summed E-state index contributed by atoms with van der Waals surface area (Å²) in [6.45, 7) is 1.42. The molecule has 4 rings (SSSR count). The Morgan fingerprint density at radius 3 is 2.30 bits per heavy atom. The van der Waals surface area contributed by atoms with Crippen LogP contribution in [0, 0.1) is 0 Å². The minimum Gasteiger partial charge on any atom is -0.326 e. The number of para-hydroxylation sites is 1. The van der Waals surface area contributed by atoms with Gasteiger partial charge in [-0.3, -0.25) is 14.6 Å². The highest BCUT2D eigenvalue weighted by molar-refractivity contribution is 6.04. The molecule has 0 aliphatic heterocycles. The van der Waals surface area contributed by atoms with Crippen LogP contribution in [0.25, 0.3) is 10.9 Å². The van der Waals surface area contributed by atoms with E-state index < -0.39 is 0 Å². The van der Waals surface area contributed by atoms with Gasteiger partial charge in [0, 0.05) is 42.3 Å². The van der Waals surface area contributed by atoms with E-state index in [0.29, 0.717) is 22.9 Å². The number of pyridine rings is 1. The van der Waals surface area contributed by atoms with Crippen LogP contribution in [0.2, 0.25) is 0 Å². The summed E-state index contributed by atoms with van der Waals surface area (Å²) in [4.78, 5) is 36.5. The minimum atomic E-state index is -0.353. The lowest BCUT2D eigenvalue weighted by molar-refractivity contribution is -0.114. The van der Waals surface area contributed by atoms with Crippen LogP contribution in [-0.4, -0.2) is 26.8 Å². The van der Waals surface area contributed by atoms with Gasteiger partial charge in [-0.05, 0) is 30.3 Å². The molecular weight excluding hydrogens is 380 g/mol. The molecule has 2 aromatic heterocycles. The topological polar surface area (TPSA) is 109 Å². The summed E-state index contributed by atoms with van der Waals surface area (Å²) >= 11 is 0. The molecule has 2 aromatic carbocycles. The number of nitrogens with zero attached hydrogens (tertiary/aromatic N) is 3. The third-order valence-electron chi connectivity index (χ3n) is 4.23. The normalized spacial score (nSPS) is 10.4. The molecule has 0 fully saturated rings. The van der Waals surface area contributed by atoms with Crippen LogP contribution in [0.4, 0.5) is 23.0 Å². The van der Waals surface area contributed by atoms with Crippen LogP contribution in [0.1, 0.15) is 17.3 Å². The summed E-state index contributed by atoms with van der Waals surface area (Å²) in [6, 6.07) is 16.5. The number of hydrogen-bond acceptors (Lipinski definition) is 6. The summed E-state index contributed by atoms with van der Waals surface area (Å²) in [7, 11) is 0. The molecule has 0 aliphatic rings. The van der Waals surface area contributed by atoms with Crippen molar-refractivity contribution in [1.82, 2.24) is 15.0 Å². The van der Waals surface area contributed by atoms with Gasteiger partial charge in [-0.2, -0.15) is 0 Å². The first-order valence-corrected chi connectivity index (χ1v) is 9.20. The van der Waals surface area contributed by atoms with Crippen LogP contribution in [-0.2, 0) is 4.79 Å². The zero-order valence-corrected chi connectivity index (χ0v) is 16.1. The van der Waals surface area contributed by atoms with E-state index in [0.717, 1.165) is 16.6 Å². The van der Waals surface area contributed by atoms with E-state index in [2.05, 4.69) is 30.9 Å². The average Bonchev–Trinajstić information content (AvgIpc) is 2.74. The Labute approximate surface area is 172 Å². The fourth-order valence-corrected chi connectivity index (χ4v) is 2.92. The monoisotopic (exact) mass is 398 g/mol. The van der Waals surface area contributed by atoms with Gasteiger partial charge in [-0.1, -0.05) is 24.3 Å². The fourth-order valence-electron chi connectivity index (χ4n) is 2.92. The van der Waals surface area contributed by atoms with E-state index in [1.165, 1.54) is 19.3 Å². The van der Waals surface area contributed by atoms with Gasteiger partial charge < -0.3 is 16.0 Å².